The molecule has 6 nitrogen and oxygen atoms in total. The third-order valence-electron chi connectivity index (χ3n) is 4.07. The number of methoxy groups -OCH3 is 1. The molecule has 1 fully saturated rings. The van der Waals surface area contributed by atoms with E-state index in [-0.39, 0.29) is 6.61 Å². The van der Waals surface area contributed by atoms with Crippen molar-refractivity contribution in [2.24, 2.45) is 0 Å². The molecule has 2 aromatic rings. The van der Waals surface area contributed by atoms with Crippen LogP contribution in [0.3, 0.4) is 0 Å². The van der Waals surface area contributed by atoms with Crippen LogP contribution in [0.1, 0.15) is 37.3 Å². The standard InChI is InChI=1S/C18H21N3O3/c1-22-15-8-4-5-9-16(15)23-13-17-20-14(12-19)18(24-17)21-10-6-2-3-7-11-21/h4-5,8-9H,2-3,6-7,10-11,13H2,1H3. The molecule has 1 aliphatic heterocycles. The normalized spacial score (nSPS) is 14.8. The molecular weight excluding hydrogens is 306 g/mol. The van der Waals surface area contributed by atoms with Gasteiger partial charge in [0.1, 0.15) is 6.07 Å². The van der Waals surface area contributed by atoms with E-state index in [2.05, 4.69) is 16.0 Å². The largest absolute Gasteiger partial charge is 0.493 e. The third kappa shape index (κ3) is 3.62. The molecule has 0 radical (unpaired) electrons. The fraction of sp³-hybridized carbons (Fsp3) is 0.444. The van der Waals surface area contributed by atoms with Crippen LogP contribution in [0, 0.1) is 11.3 Å². The van der Waals surface area contributed by atoms with E-state index >= 15 is 0 Å². The second-order valence-corrected chi connectivity index (χ2v) is 5.71. The molecule has 0 bridgehead atoms. The average Bonchev–Trinajstić information content (AvgIpc) is 2.85. The number of nitrogens with zero attached hydrogens (tertiary/aromatic N) is 3. The van der Waals surface area contributed by atoms with Crippen LogP contribution in [-0.4, -0.2) is 25.2 Å². The lowest BCUT2D eigenvalue weighted by Gasteiger charge is -2.18. The molecule has 1 saturated heterocycles. The predicted octanol–water partition coefficient (Wildman–Crippen LogP) is 3.51. The van der Waals surface area contributed by atoms with Crippen LogP contribution in [0.2, 0.25) is 0 Å². The maximum absolute atomic E-state index is 9.34. The van der Waals surface area contributed by atoms with Crippen molar-refractivity contribution >= 4 is 5.88 Å². The molecule has 24 heavy (non-hydrogen) atoms. The summed E-state index contributed by atoms with van der Waals surface area (Å²) in [5.74, 6) is 2.24. The van der Waals surface area contributed by atoms with E-state index in [1.807, 2.05) is 24.3 Å². The molecule has 0 unspecified atom stereocenters. The van der Waals surface area contributed by atoms with Gasteiger partial charge in [-0.25, -0.2) is 0 Å². The van der Waals surface area contributed by atoms with Crippen molar-refractivity contribution in [1.82, 2.24) is 4.98 Å². The Balaban J connectivity index is 1.74. The lowest BCUT2D eigenvalue weighted by Crippen LogP contribution is -2.24. The topological polar surface area (TPSA) is 71.5 Å². The van der Waals surface area contributed by atoms with Crippen LogP contribution in [0.5, 0.6) is 11.5 Å². The van der Waals surface area contributed by atoms with E-state index in [0.29, 0.717) is 29.0 Å². The van der Waals surface area contributed by atoms with E-state index in [4.69, 9.17) is 13.9 Å². The highest BCUT2D eigenvalue weighted by Gasteiger charge is 2.21. The van der Waals surface area contributed by atoms with Gasteiger partial charge >= 0.3 is 0 Å². The van der Waals surface area contributed by atoms with Gasteiger partial charge in [0.05, 0.1) is 7.11 Å². The Kier molecular flexibility index (Phi) is 5.22. The number of ether oxygens (including phenoxy) is 2. The molecule has 1 aromatic heterocycles. The van der Waals surface area contributed by atoms with Crippen molar-refractivity contribution < 1.29 is 13.9 Å². The first-order valence-electron chi connectivity index (χ1n) is 8.22. The number of hydrogen-bond acceptors (Lipinski definition) is 6. The summed E-state index contributed by atoms with van der Waals surface area (Å²) in [4.78, 5) is 6.39. The van der Waals surface area contributed by atoms with E-state index in [0.717, 1.165) is 25.9 Å². The average molecular weight is 327 g/mol. The van der Waals surface area contributed by atoms with Gasteiger partial charge in [0.2, 0.25) is 17.5 Å². The smallest absolute Gasteiger partial charge is 0.236 e. The lowest BCUT2D eigenvalue weighted by atomic mass is 10.2. The summed E-state index contributed by atoms with van der Waals surface area (Å²) in [7, 11) is 1.60. The summed E-state index contributed by atoms with van der Waals surface area (Å²) in [5.41, 5.74) is 0.329. The highest BCUT2D eigenvalue weighted by atomic mass is 16.5. The van der Waals surface area contributed by atoms with Crippen molar-refractivity contribution in [1.29, 1.82) is 5.26 Å². The van der Waals surface area contributed by atoms with Crippen molar-refractivity contribution in [3.8, 4) is 17.6 Å². The maximum Gasteiger partial charge on any atom is 0.236 e. The summed E-state index contributed by atoms with van der Waals surface area (Å²) < 4.78 is 16.8. The molecule has 0 saturated carbocycles. The van der Waals surface area contributed by atoms with Crippen LogP contribution < -0.4 is 14.4 Å². The van der Waals surface area contributed by atoms with Crippen molar-refractivity contribution in [2.75, 3.05) is 25.1 Å². The summed E-state index contributed by atoms with van der Waals surface area (Å²) in [5, 5.41) is 9.34. The second kappa shape index (κ2) is 7.73. The van der Waals surface area contributed by atoms with Crippen LogP contribution >= 0.6 is 0 Å². The predicted molar refractivity (Wildman–Crippen MR) is 89.2 cm³/mol. The Bertz CT molecular complexity index is 713. The SMILES string of the molecule is COc1ccccc1OCc1nc(C#N)c(N2CCCCCC2)o1. The van der Waals surface area contributed by atoms with Gasteiger partial charge in [-0.2, -0.15) is 10.2 Å². The number of aromatic nitrogens is 1. The van der Waals surface area contributed by atoms with Gasteiger partial charge in [-0.05, 0) is 25.0 Å². The second-order valence-electron chi connectivity index (χ2n) is 5.71. The minimum absolute atomic E-state index is 0.156. The monoisotopic (exact) mass is 327 g/mol. The molecule has 1 aliphatic rings. The summed E-state index contributed by atoms with van der Waals surface area (Å²) in [6.45, 7) is 1.95. The molecule has 2 heterocycles. The van der Waals surface area contributed by atoms with E-state index in [1.165, 1.54) is 12.8 Å². The highest BCUT2D eigenvalue weighted by Crippen LogP contribution is 2.28. The maximum atomic E-state index is 9.34. The van der Waals surface area contributed by atoms with Crippen molar-refractivity contribution in [2.45, 2.75) is 32.3 Å². The fourth-order valence-electron chi connectivity index (χ4n) is 2.86. The van der Waals surface area contributed by atoms with Gasteiger partial charge in [0.15, 0.2) is 18.1 Å². The zero-order chi connectivity index (χ0) is 16.8. The molecule has 126 valence electrons. The van der Waals surface area contributed by atoms with Crippen molar-refractivity contribution in [3.63, 3.8) is 0 Å². The molecule has 6 heteroatoms. The zero-order valence-electron chi connectivity index (χ0n) is 13.8. The number of anilines is 1. The Morgan fingerprint density at radius 1 is 1.17 bits per heavy atom. The van der Waals surface area contributed by atoms with Crippen LogP contribution in [0.25, 0.3) is 0 Å². The summed E-state index contributed by atoms with van der Waals surface area (Å²) in [6.07, 6.45) is 4.66. The van der Waals surface area contributed by atoms with Gasteiger partial charge in [0, 0.05) is 13.1 Å². The van der Waals surface area contributed by atoms with Crippen LogP contribution in [-0.2, 0) is 6.61 Å². The number of oxazole rings is 1. The van der Waals surface area contributed by atoms with Gasteiger partial charge in [0.25, 0.3) is 0 Å². The molecule has 0 amide bonds. The molecule has 0 atom stereocenters. The Labute approximate surface area is 141 Å². The molecule has 0 spiro atoms. The fourth-order valence-corrected chi connectivity index (χ4v) is 2.86. The minimum Gasteiger partial charge on any atom is -0.493 e. The Morgan fingerprint density at radius 3 is 2.54 bits per heavy atom. The van der Waals surface area contributed by atoms with Gasteiger partial charge in [-0.15, -0.1) is 0 Å². The van der Waals surface area contributed by atoms with Crippen molar-refractivity contribution in [3.05, 3.63) is 35.9 Å². The minimum atomic E-state index is 0.156. The number of nitriles is 1. The summed E-state index contributed by atoms with van der Waals surface area (Å²) >= 11 is 0. The molecule has 0 aliphatic carbocycles. The third-order valence-corrected chi connectivity index (χ3v) is 4.07. The lowest BCUT2D eigenvalue weighted by molar-refractivity contribution is 0.250. The van der Waals surface area contributed by atoms with E-state index < -0.39 is 0 Å². The number of hydrogen-bond donors (Lipinski definition) is 0. The number of benzene rings is 1. The highest BCUT2D eigenvalue weighted by molar-refractivity contribution is 5.48. The molecule has 1 aromatic carbocycles. The number of para-hydroxylation sites is 2. The molecule has 0 N–H and O–H groups in total. The van der Waals surface area contributed by atoms with Gasteiger partial charge in [-0.3, -0.25) is 0 Å². The first-order chi connectivity index (χ1) is 11.8. The molecule has 3 rings (SSSR count). The van der Waals surface area contributed by atoms with Crippen LogP contribution in [0.15, 0.2) is 28.7 Å². The Morgan fingerprint density at radius 2 is 1.88 bits per heavy atom. The Hall–Kier alpha value is -2.68. The van der Waals surface area contributed by atoms with Gasteiger partial charge in [-0.1, -0.05) is 25.0 Å². The molecular formula is C18H21N3O3. The number of rotatable bonds is 5. The van der Waals surface area contributed by atoms with E-state index in [1.54, 1.807) is 7.11 Å². The quantitative estimate of drug-likeness (QED) is 0.837. The van der Waals surface area contributed by atoms with E-state index in [9.17, 15) is 5.26 Å². The van der Waals surface area contributed by atoms with Gasteiger partial charge < -0.3 is 18.8 Å². The summed E-state index contributed by atoms with van der Waals surface area (Å²) in [6, 6.07) is 9.53. The van der Waals surface area contributed by atoms with Crippen LogP contribution in [0.4, 0.5) is 5.88 Å². The first-order valence-corrected chi connectivity index (χ1v) is 8.22. The zero-order valence-corrected chi connectivity index (χ0v) is 13.8. The first kappa shape index (κ1) is 16.2.